The number of carboxylic acids is 1. The summed E-state index contributed by atoms with van der Waals surface area (Å²) < 4.78 is 5.47. The van der Waals surface area contributed by atoms with Gasteiger partial charge in [0, 0.05) is 5.92 Å². The van der Waals surface area contributed by atoms with Crippen LogP contribution in [0.25, 0.3) is 21.5 Å². The maximum atomic E-state index is 13.2. The third-order valence-electron chi connectivity index (χ3n) is 6.96. The number of ether oxygens (including phenoxy) is 1. The minimum atomic E-state index is -1.26. The van der Waals surface area contributed by atoms with E-state index in [1.54, 1.807) is 7.11 Å². The molecule has 1 atom stereocenters. The molecule has 5 aromatic carbocycles. The van der Waals surface area contributed by atoms with Gasteiger partial charge in [0.2, 0.25) is 0 Å². The van der Waals surface area contributed by atoms with Gasteiger partial charge in [0.05, 0.1) is 7.11 Å². The molecule has 0 saturated carbocycles. The average molecular weight is 447 g/mol. The molecule has 0 radical (unpaired) electrons. The van der Waals surface area contributed by atoms with Gasteiger partial charge < -0.3 is 9.84 Å². The molecule has 0 aliphatic heterocycles. The summed E-state index contributed by atoms with van der Waals surface area (Å²) in [5, 5.41) is 15.1. The number of rotatable bonds is 6. The van der Waals surface area contributed by atoms with Gasteiger partial charge in [0.15, 0.2) is 0 Å². The molecule has 0 aliphatic carbocycles. The lowest BCUT2D eigenvalue weighted by Crippen LogP contribution is -2.39. The van der Waals surface area contributed by atoms with Gasteiger partial charge in [-0.25, -0.2) is 0 Å². The summed E-state index contributed by atoms with van der Waals surface area (Å²) >= 11 is 0. The van der Waals surface area contributed by atoms with E-state index in [1.165, 1.54) is 0 Å². The van der Waals surface area contributed by atoms with Gasteiger partial charge in [-0.05, 0) is 57.3 Å². The highest BCUT2D eigenvalue weighted by Gasteiger charge is 2.46. The van der Waals surface area contributed by atoms with Crippen LogP contribution in [0.2, 0.25) is 0 Å². The van der Waals surface area contributed by atoms with Gasteiger partial charge in [-0.2, -0.15) is 0 Å². The Morgan fingerprint density at radius 2 is 1.24 bits per heavy atom. The van der Waals surface area contributed by atoms with Crippen LogP contribution in [0.5, 0.6) is 5.75 Å². The van der Waals surface area contributed by atoms with Crippen LogP contribution >= 0.6 is 0 Å². The van der Waals surface area contributed by atoms with Crippen LogP contribution in [0, 0.1) is 0 Å². The lowest BCUT2D eigenvalue weighted by Gasteiger charge is -2.37. The van der Waals surface area contributed by atoms with Crippen molar-refractivity contribution in [1.29, 1.82) is 0 Å². The number of aliphatic carboxylic acids is 1. The molecule has 0 bridgehead atoms. The molecule has 0 spiro atoms. The van der Waals surface area contributed by atoms with Crippen LogP contribution in [0.4, 0.5) is 0 Å². The maximum absolute atomic E-state index is 13.2. The van der Waals surface area contributed by atoms with Crippen molar-refractivity contribution in [2.45, 2.75) is 18.3 Å². The van der Waals surface area contributed by atoms with Crippen LogP contribution in [0.3, 0.4) is 0 Å². The molecule has 34 heavy (non-hydrogen) atoms. The van der Waals surface area contributed by atoms with Crippen molar-refractivity contribution in [3.8, 4) is 5.75 Å². The first-order valence-electron chi connectivity index (χ1n) is 11.4. The van der Waals surface area contributed by atoms with Gasteiger partial charge in [0.25, 0.3) is 0 Å². The lowest BCUT2D eigenvalue weighted by molar-refractivity contribution is -0.143. The molecule has 3 nitrogen and oxygen atoms in total. The molecule has 5 rings (SSSR count). The lowest BCUT2D eigenvalue weighted by atomic mass is 9.64. The first kappa shape index (κ1) is 21.7. The number of carboxylic acid groups (broad SMARTS) is 1. The van der Waals surface area contributed by atoms with Crippen LogP contribution in [0.15, 0.2) is 109 Å². The molecule has 3 heteroatoms. The van der Waals surface area contributed by atoms with Crippen molar-refractivity contribution in [2.24, 2.45) is 0 Å². The van der Waals surface area contributed by atoms with Gasteiger partial charge in [-0.15, -0.1) is 0 Å². The van der Waals surface area contributed by atoms with E-state index >= 15 is 0 Å². The summed E-state index contributed by atoms with van der Waals surface area (Å²) in [5.74, 6) is -0.694. The molecule has 0 saturated heterocycles. The number of benzene rings is 5. The molecule has 0 fully saturated rings. The second-order valence-corrected chi connectivity index (χ2v) is 8.81. The van der Waals surface area contributed by atoms with Crippen molar-refractivity contribution >= 4 is 27.5 Å². The first-order valence-corrected chi connectivity index (χ1v) is 11.4. The third-order valence-corrected chi connectivity index (χ3v) is 6.96. The monoisotopic (exact) mass is 446 g/mol. The minimum Gasteiger partial charge on any atom is -0.497 e. The van der Waals surface area contributed by atoms with E-state index in [1.807, 2.05) is 67.6 Å². The van der Waals surface area contributed by atoms with Crippen LogP contribution in [-0.2, 0) is 10.2 Å². The Labute approximate surface area is 199 Å². The van der Waals surface area contributed by atoms with Crippen molar-refractivity contribution in [1.82, 2.24) is 0 Å². The number of hydrogen-bond donors (Lipinski definition) is 1. The molecule has 0 aromatic heterocycles. The fourth-order valence-corrected chi connectivity index (χ4v) is 5.15. The summed E-state index contributed by atoms with van der Waals surface area (Å²) in [6, 6.07) is 36.1. The standard InChI is InChI=1S/C31H26O3/c1-31(30(32)33,23-14-9-15-24(20-23)34-2)29(27-18-7-12-21-10-3-5-16-25(21)27)28-19-8-13-22-11-4-6-17-26(22)28/h3-20,29H,1-2H3,(H,32,33). The van der Waals surface area contributed by atoms with Crippen molar-refractivity contribution in [3.05, 3.63) is 126 Å². The second kappa shape index (κ2) is 8.68. The highest BCUT2D eigenvalue weighted by atomic mass is 16.5. The van der Waals surface area contributed by atoms with Crippen LogP contribution < -0.4 is 4.74 Å². The quantitative estimate of drug-likeness (QED) is 0.301. The largest absolute Gasteiger partial charge is 0.497 e. The Kier molecular flexibility index (Phi) is 5.54. The molecule has 0 aliphatic rings. The zero-order valence-corrected chi connectivity index (χ0v) is 19.2. The maximum Gasteiger partial charge on any atom is 0.314 e. The number of carbonyl (C=O) groups is 1. The Morgan fingerprint density at radius 3 is 1.76 bits per heavy atom. The van der Waals surface area contributed by atoms with Gasteiger partial charge in [0.1, 0.15) is 11.2 Å². The van der Waals surface area contributed by atoms with Gasteiger partial charge >= 0.3 is 5.97 Å². The molecule has 0 amide bonds. The summed E-state index contributed by atoms with van der Waals surface area (Å²) in [4.78, 5) is 13.2. The predicted molar refractivity (Wildman–Crippen MR) is 138 cm³/mol. The summed E-state index contributed by atoms with van der Waals surface area (Å²) in [5.41, 5.74) is 1.41. The van der Waals surface area contributed by atoms with E-state index in [0.29, 0.717) is 11.3 Å². The highest BCUT2D eigenvalue weighted by molar-refractivity contribution is 5.94. The van der Waals surface area contributed by atoms with Crippen molar-refractivity contribution in [3.63, 3.8) is 0 Å². The third kappa shape index (κ3) is 3.50. The molecule has 1 unspecified atom stereocenters. The SMILES string of the molecule is COc1cccc(C(C)(C(=O)O)C(c2cccc3ccccc23)c2cccc3ccccc23)c1. The fraction of sp³-hybridized carbons (Fsp3) is 0.129. The van der Waals surface area contributed by atoms with E-state index in [4.69, 9.17) is 4.74 Å². The summed E-state index contributed by atoms with van der Waals surface area (Å²) in [7, 11) is 1.60. The molecule has 168 valence electrons. The van der Waals surface area contributed by atoms with Gasteiger partial charge in [-0.1, -0.05) is 97.1 Å². The predicted octanol–water partition coefficient (Wildman–Crippen LogP) is 7.18. The Bertz CT molecular complexity index is 1410. The van der Waals surface area contributed by atoms with Crippen LogP contribution in [-0.4, -0.2) is 18.2 Å². The second-order valence-electron chi connectivity index (χ2n) is 8.81. The summed E-state index contributed by atoms with van der Waals surface area (Å²) in [6.07, 6.45) is 0. The minimum absolute atomic E-state index is 0.450. The van der Waals surface area contributed by atoms with Crippen molar-refractivity contribution in [2.75, 3.05) is 7.11 Å². The Hall–Kier alpha value is -4.11. The van der Waals surface area contributed by atoms with E-state index in [-0.39, 0.29) is 0 Å². The fourth-order valence-electron chi connectivity index (χ4n) is 5.15. The average Bonchev–Trinajstić information content (AvgIpc) is 2.89. The number of fused-ring (bicyclic) bond motifs is 2. The zero-order chi connectivity index (χ0) is 23.7. The molecular formula is C31H26O3. The van der Waals surface area contributed by atoms with E-state index in [0.717, 1.165) is 32.7 Å². The zero-order valence-electron chi connectivity index (χ0n) is 19.2. The molecule has 5 aromatic rings. The van der Waals surface area contributed by atoms with E-state index in [2.05, 4.69) is 48.5 Å². The van der Waals surface area contributed by atoms with E-state index in [9.17, 15) is 9.90 Å². The Morgan fingerprint density at radius 1 is 0.735 bits per heavy atom. The molecule has 1 N–H and O–H groups in total. The van der Waals surface area contributed by atoms with Crippen molar-refractivity contribution < 1.29 is 14.6 Å². The van der Waals surface area contributed by atoms with Gasteiger partial charge in [-0.3, -0.25) is 4.79 Å². The smallest absolute Gasteiger partial charge is 0.314 e. The summed E-state index contributed by atoms with van der Waals surface area (Å²) in [6.45, 7) is 1.83. The molecular weight excluding hydrogens is 420 g/mol. The van der Waals surface area contributed by atoms with E-state index < -0.39 is 17.3 Å². The topological polar surface area (TPSA) is 46.5 Å². The Balaban J connectivity index is 1.90. The highest BCUT2D eigenvalue weighted by Crippen LogP contribution is 2.48. The number of methoxy groups -OCH3 is 1. The molecule has 0 heterocycles. The first-order chi connectivity index (χ1) is 16.5. The normalized spacial score (nSPS) is 13.1. The van der Waals surface area contributed by atoms with Crippen LogP contribution in [0.1, 0.15) is 29.5 Å². The number of hydrogen-bond acceptors (Lipinski definition) is 2.